The average Bonchev–Trinajstić information content (AvgIpc) is 2.35. The van der Waals surface area contributed by atoms with Gasteiger partial charge in [-0.05, 0) is 25.7 Å². The van der Waals surface area contributed by atoms with Crippen molar-refractivity contribution in [3.05, 3.63) is 27.9 Å². The van der Waals surface area contributed by atoms with Crippen molar-refractivity contribution in [2.24, 2.45) is 5.92 Å². The molecule has 0 aromatic carbocycles. The third-order valence-corrected chi connectivity index (χ3v) is 4.11. The van der Waals surface area contributed by atoms with Gasteiger partial charge in [0.05, 0.1) is 10.5 Å². The second kappa shape index (κ2) is 5.44. The molecule has 0 saturated heterocycles. The van der Waals surface area contributed by atoms with Crippen LogP contribution in [0.1, 0.15) is 36.5 Å². The molecule has 1 aliphatic carbocycles. The van der Waals surface area contributed by atoms with Crippen molar-refractivity contribution in [3.8, 4) is 0 Å². The second-order valence-corrected chi connectivity index (χ2v) is 5.23. The monoisotopic (exact) mass is 278 g/mol. The minimum atomic E-state index is -0.585. The van der Waals surface area contributed by atoms with E-state index >= 15 is 0 Å². The van der Waals surface area contributed by atoms with E-state index in [1.807, 2.05) is 6.92 Å². The molecule has 1 fully saturated rings. The number of rotatable bonds is 4. The molecule has 1 saturated carbocycles. The first-order valence-electron chi connectivity index (χ1n) is 6.59. The Morgan fingerprint density at radius 3 is 2.75 bits per heavy atom. The van der Waals surface area contributed by atoms with Crippen LogP contribution < -0.4 is 5.73 Å². The SMILES string of the molecule is C[C@H](C1CCC1)N(C)C(=O)c1cc([N+](=O)[O-])cnc1N. The number of hydrogen-bond acceptors (Lipinski definition) is 5. The summed E-state index contributed by atoms with van der Waals surface area (Å²) in [6, 6.07) is 1.28. The molecule has 0 aliphatic heterocycles. The smallest absolute Gasteiger partial charge is 0.288 e. The van der Waals surface area contributed by atoms with Gasteiger partial charge in [-0.25, -0.2) is 4.98 Å². The highest BCUT2D eigenvalue weighted by Crippen LogP contribution is 2.32. The number of anilines is 1. The van der Waals surface area contributed by atoms with Crippen molar-refractivity contribution in [2.75, 3.05) is 12.8 Å². The summed E-state index contributed by atoms with van der Waals surface area (Å²) >= 11 is 0. The fourth-order valence-electron chi connectivity index (χ4n) is 2.35. The first-order chi connectivity index (χ1) is 9.41. The Bertz CT molecular complexity index is 542. The molecule has 0 bridgehead atoms. The lowest BCUT2D eigenvalue weighted by molar-refractivity contribution is -0.385. The van der Waals surface area contributed by atoms with Gasteiger partial charge in [0.25, 0.3) is 11.6 Å². The van der Waals surface area contributed by atoms with E-state index in [2.05, 4.69) is 4.98 Å². The Kier molecular flexibility index (Phi) is 3.87. The zero-order valence-corrected chi connectivity index (χ0v) is 11.6. The molecule has 108 valence electrons. The highest BCUT2D eigenvalue weighted by atomic mass is 16.6. The maximum Gasteiger partial charge on any atom is 0.288 e. The van der Waals surface area contributed by atoms with Crippen LogP contribution in [0.5, 0.6) is 0 Å². The molecule has 0 spiro atoms. The number of pyridine rings is 1. The molecule has 1 amide bonds. The molecule has 0 radical (unpaired) electrons. The van der Waals surface area contributed by atoms with Crippen molar-refractivity contribution >= 4 is 17.4 Å². The van der Waals surface area contributed by atoms with Gasteiger partial charge in [-0.3, -0.25) is 14.9 Å². The molecule has 1 aromatic heterocycles. The molecule has 1 aliphatic rings. The quantitative estimate of drug-likeness (QED) is 0.668. The van der Waals surface area contributed by atoms with E-state index in [1.165, 1.54) is 12.5 Å². The highest BCUT2D eigenvalue weighted by molar-refractivity contribution is 5.98. The van der Waals surface area contributed by atoms with Gasteiger partial charge in [0.15, 0.2) is 0 Å². The number of aromatic nitrogens is 1. The summed E-state index contributed by atoms with van der Waals surface area (Å²) in [5.74, 6) is 0.197. The van der Waals surface area contributed by atoms with Gasteiger partial charge in [0.2, 0.25) is 0 Å². The van der Waals surface area contributed by atoms with Crippen LogP contribution in [0.3, 0.4) is 0 Å². The van der Waals surface area contributed by atoms with E-state index < -0.39 is 4.92 Å². The van der Waals surface area contributed by atoms with Crippen LogP contribution in [0.15, 0.2) is 12.3 Å². The Morgan fingerprint density at radius 2 is 2.25 bits per heavy atom. The molecule has 7 heteroatoms. The maximum atomic E-state index is 12.4. The van der Waals surface area contributed by atoms with Gasteiger partial charge in [-0.15, -0.1) is 0 Å². The number of hydrogen-bond donors (Lipinski definition) is 1. The van der Waals surface area contributed by atoms with Crippen molar-refractivity contribution in [1.82, 2.24) is 9.88 Å². The van der Waals surface area contributed by atoms with Gasteiger partial charge in [0.1, 0.15) is 12.0 Å². The summed E-state index contributed by atoms with van der Waals surface area (Å²) in [5.41, 5.74) is 5.53. The molecule has 1 aromatic rings. The summed E-state index contributed by atoms with van der Waals surface area (Å²) in [4.78, 5) is 27.9. The number of nitrogen functional groups attached to an aromatic ring is 1. The van der Waals surface area contributed by atoms with Gasteiger partial charge in [-0.2, -0.15) is 0 Å². The number of nitrogens with zero attached hydrogens (tertiary/aromatic N) is 3. The van der Waals surface area contributed by atoms with Crippen molar-refractivity contribution in [1.29, 1.82) is 0 Å². The van der Waals surface area contributed by atoms with Gasteiger partial charge < -0.3 is 10.6 Å². The van der Waals surface area contributed by atoms with Gasteiger partial charge >= 0.3 is 0 Å². The molecule has 2 rings (SSSR count). The molecule has 1 atom stereocenters. The van der Waals surface area contributed by atoms with Crippen LogP contribution in [0.2, 0.25) is 0 Å². The van der Waals surface area contributed by atoms with E-state index in [9.17, 15) is 14.9 Å². The predicted octanol–water partition coefficient (Wildman–Crippen LogP) is 1.83. The first kappa shape index (κ1) is 14.2. The molecular weight excluding hydrogens is 260 g/mol. The number of nitrogens with two attached hydrogens (primary N) is 1. The minimum Gasteiger partial charge on any atom is -0.383 e. The normalized spacial score (nSPS) is 16.3. The number of amides is 1. The van der Waals surface area contributed by atoms with Crippen molar-refractivity contribution in [2.45, 2.75) is 32.2 Å². The maximum absolute atomic E-state index is 12.4. The predicted molar refractivity (Wildman–Crippen MR) is 74.2 cm³/mol. The van der Waals surface area contributed by atoms with E-state index in [0.29, 0.717) is 5.92 Å². The Morgan fingerprint density at radius 1 is 1.60 bits per heavy atom. The minimum absolute atomic E-state index is 0.0215. The largest absolute Gasteiger partial charge is 0.383 e. The number of carbonyl (C=O) groups is 1. The zero-order valence-electron chi connectivity index (χ0n) is 11.6. The molecule has 7 nitrogen and oxygen atoms in total. The summed E-state index contributed by atoms with van der Waals surface area (Å²) in [6.45, 7) is 1.99. The topological polar surface area (TPSA) is 102 Å². The molecule has 20 heavy (non-hydrogen) atoms. The van der Waals surface area contributed by atoms with Gasteiger partial charge in [0, 0.05) is 19.2 Å². The molecule has 0 unspecified atom stereocenters. The standard InChI is InChI=1S/C13H18N4O3/c1-8(9-4-3-5-9)16(2)13(18)11-6-10(17(19)20)7-15-12(11)14/h6-9H,3-5H2,1-2H3,(H2,14,15)/t8-/m1/s1. The Hall–Kier alpha value is -2.18. The third-order valence-electron chi connectivity index (χ3n) is 4.11. The van der Waals surface area contributed by atoms with Gasteiger partial charge in [-0.1, -0.05) is 6.42 Å². The average molecular weight is 278 g/mol. The fourth-order valence-corrected chi connectivity index (χ4v) is 2.35. The first-order valence-corrected chi connectivity index (χ1v) is 6.59. The van der Waals surface area contributed by atoms with Crippen LogP contribution in [0, 0.1) is 16.0 Å². The lowest BCUT2D eigenvalue weighted by atomic mass is 9.80. The number of carbonyl (C=O) groups excluding carboxylic acids is 1. The van der Waals surface area contributed by atoms with Crippen LogP contribution in [-0.2, 0) is 0 Å². The number of nitro groups is 1. The molecule has 1 heterocycles. The van der Waals surface area contributed by atoms with Crippen molar-refractivity contribution < 1.29 is 9.72 Å². The second-order valence-electron chi connectivity index (χ2n) is 5.23. The van der Waals surface area contributed by atoms with E-state index in [1.54, 1.807) is 11.9 Å². The van der Waals surface area contributed by atoms with Crippen LogP contribution in [0.25, 0.3) is 0 Å². The third kappa shape index (κ3) is 2.56. The van der Waals surface area contributed by atoms with E-state index in [4.69, 9.17) is 5.73 Å². The van der Waals surface area contributed by atoms with Crippen LogP contribution in [-0.4, -0.2) is 33.8 Å². The Balaban J connectivity index is 2.23. The van der Waals surface area contributed by atoms with Crippen LogP contribution in [0.4, 0.5) is 11.5 Å². The van der Waals surface area contributed by atoms with E-state index in [-0.39, 0.29) is 29.0 Å². The molecular formula is C13H18N4O3. The van der Waals surface area contributed by atoms with Crippen molar-refractivity contribution in [3.63, 3.8) is 0 Å². The lowest BCUT2D eigenvalue weighted by Gasteiger charge is -2.37. The molecule has 2 N–H and O–H groups in total. The summed E-state index contributed by atoms with van der Waals surface area (Å²) < 4.78 is 0. The summed E-state index contributed by atoms with van der Waals surface area (Å²) in [6.07, 6.45) is 4.47. The zero-order chi connectivity index (χ0) is 14.9. The van der Waals surface area contributed by atoms with E-state index in [0.717, 1.165) is 19.0 Å². The fraction of sp³-hybridized carbons (Fsp3) is 0.538. The summed E-state index contributed by atoms with van der Waals surface area (Å²) in [7, 11) is 1.70. The Labute approximate surface area is 116 Å². The van der Waals surface area contributed by atoms with Crippen LogP contribution >= 0.6 is 0 Å². The lowest BCUT2D eigenvalue weighted by Crippen LogP contribution is -2.42. The highest BCUT2D eigenvalue weighted by Gasteiger charge is 2.30. The summed E-state index contributed by atoms with van der Waals surface area (Å²) in [5, 5.41) is 10.8.